The highest BCUT2D eigenvalue weighted by molar-refractivity contribution is 5.06. The van der Waals surface area contributed by atoms with E-state index in [1.807, 2.05) is 6.92 Å². The zero-order valence-electron chi connectivity index (χ0n) is 13.6. The first-order valence-corrected chi connectivity index (χ1v) is 8.51. The van der Waals surface area contributed by atoms with E-state index >= 15 is 0 Å². The lowest BCUT2D eigenvalue weighted by Gasteiger charge is -2.56. The van der Waals surface area contributed by atoms with Gasteiger partial charge >= 0.3 is 0 Å². The van der Waals surface area contributed by atoms with Gasteiger partial charge < -0.3 is 14.4 Å². The van der Waals surface area contributed by atoms with Crippen LogP contribution in [0.15, 0.2) is 4.52 Å². The Balaban J connectivity index is 1.53. The number of hydrogen-bond donors (Lipinski definition) is 1. The Kier molecular flexibility index (Phi) is 4.80. The first-order chi connectivity index (χ1) is 10.7. The van der Waals surface area contributed by atoms with E-state index in [0.717, 1.165) is 70.1 Å². The lowest BCUT2D eigenvalue weighted by atomic mass is 9.58. The third-order valence-electron chi connectivity index (χ3n) is 5.24. The highest BCUT2D eigenvalue weighted by Gasteiger charge is 2.55. The quantitative estimate of drug-likeness (QED) is 0.863. The molecule has 1 saturated carbocycles. The molecule has 6 nitrogen and oxygen atoms in total. The van der Waals surface area contributed by atoms with Crippen molar-refractivity contribution in [2.45, 2.75) is 64.7 Å². The highest BCUT2D eigenvalue weighted by Crippen LogP contribution is 2.50. The van der Waals surface area contributed by atoms with E-state index < -0.39 is 0 Å². The number of aryl methyl sites for hydroxylation is 1. The van der Waals surface area contributed by atoms with Crippen LogP contribution in [-0.2, 0) is 17.7 Å². The van der Waals surface area contributed by atoms with Crippen molar-refractivity contribution in [3.63, 3.8) is 0 Å². The summed E-state index contributed by atoms with van der Waals surface area (Å²) in [4.78, 5) is 6.78. The average Bonchev–Trinajstić information content (AvgIpc) is 2.95. The maximum Gasteiger partial charge on any atom is 0.226 e. The van der Waals surface area contributed by atoms with Gasteiger partial charge in [-0.15, -0.1) is 0 Å². The summed E-state index contributed by atoms with van der Waals surface area (Å²) in [6.07, 6.45) is 4.66. The van der Waals surface area contributed by atoms with Crippen LogP contribution in [0.4, 0.5) is 0 Å². The monoisotopic (exact) mass is 309 g/mol. The highest BCUT2D eigenvalue weighted by atomic mass is 16.5. The molecule has 1 aliphatic heterocycles. The van der Waals surface area contributed by atoms with Crippen molar-refractivity contribution in [2.24, 2.45) is 5.41 Å². The molecular formula is C16H27N3O3. The number of ether oxygens (including phenoxy) is 1. The van der Waals surface area contributed by atoms with Crippen LogP contribution in [0.1, 0.15) is 51.2 Å². The molecule has 1 saturated heterocycles. The molecule has 1 aromatic rings. The lowest BCUT2D eigenvalue weighted by Crippen LogP contribution is -2.62. The molecule has 0 bridgehead atoms. The molecule has 6 heteroatoms. The molecule has 22 heavy (non-hydrogen) atoms. The van der Waals surface area contributed by atoms with Crippen molar-refractivity contribution in [3.8, 4) is 0 Å². The van der Waals surface area contributed by atoms with Crippen molar-refractivity contribution in [1.82, 2.24) is 15.0 Å². The summed E-state index contributed by atoms with van der Waals surface area (Å²) >= 11 is 0. The summed E-state index contributed by atoms with van der Waals surface area (Å²) in [5.41, 5.74) is -0.0167. The molecular weight excluding hydrogens is 282 g/mol. The van der Waals surface area contributed by atoms with E-state index in [-0.39, 0.29) is 17.6 Å². The normalized spacial score (nSPS) is 28.0. The number of rotatable bonds is 6. The van der Waals surface area contributed by atoms with Gasteiger partial charge in [0.05, 0.1) is 18.8 Å². The second-order valence-corrected chi connectivity index (χ2v) is 6.56. The lowest BCUT2D eigenvalue weighted by molar-refractivity contribution is -0.210. The maximum atomic E-state index is 10.2. The molecule has 2 unspecified atom stereocenters. The zero-order chi connectivity index (χ0) is 15.6. The second kappa shape index (κ2) is 6.64. The third kappa shape index (κ3) is 2.92. The number of hydrogen-bond acceptors (Lipinski definition) is 6. The molecule has 124 valence electrons. The summed E-state index contributed by atoms with van der Waals surface area (Å²) in [5, 5.41) is 14.3. The first kappa shape index (κ1) is 15.9. The molecule has 2 atom stereocenters. The molecule has 3 rings (SSSR count). The van der Waals surface area contributed by atoms with Gasteiger partial charge in [0.2, 0.25) is 5.89 Å². The number of likely N-dealkylation sites (tertiary alicyclic amines) is 1. The fraction of sp³-hybridized carbons (Fsp3) is 0.875. The van der Waals surface area contributed by atoms with Crippen LogP contribution in [0, 0.1) is 5.41 Å². The maximum absolute atomic E-state index is 10.2. The molecule has 0 amide bonds. The number of aliphatic hydroxyl groups excluding tert-OH is 1. The SMILES string of the molecule is CCCc1nc(CN2CCC3(CC2)C(O)CC3OCC)no1. The second-order valence-electron chi connectivity index (χ2n) is 6.56. The van der Waals surface area contributed by atoms with E-state index in [1.165, 1.54) is 0 Å². The van der Waals surface area contributed by atoms with Crippen LogP contribution in [0.2, 0.25) is 0 Å². The summed E-state index contributed by atoms with van der Waals surface area (Å²) in [5.74, 6) is 1.51. The van der Waals surface area contributed by atoms with Gasteiger partial charge in [-0.1, -0.05) is 12.1 Å². The Labute approximate surface area is 131 Å². The fourth-order valence-electron chi connectivity index (χ4n) is 3.81. The van der Waals surface area contributed by atoms with Gasteiger partial charge in [0.1, 0.15) is 0 Å². The molecule has 2 fully saturated rings. The predicted octanol–water partition coefficient (Wildman–Crippen LogP) is 1.77. The van der Waals surface area contributed by atoms with Crippen LogP contribution >= 0.6 is 0 Å². The van der Waals surface area contributed by atoms with Crippen LogP contribution < -0.4 is 0 Å². The van der Waals surface area contributed by atoms with Gasteiger partial charge in [-0.25, -0.2) is 0 Å². The number of aliphatic hydroxyl groups is 1. The number of piperidine rings is 1. The van der Waals surface area contributed by atoms with Crippen LogP contribution in [0.5, 0.6) is 0 Å². The van der Waals surface area contributed by atoms with E-state index in [1.54, 1.807) is 0 Å². The summed E-state index contributed by atoms with van der Waals surface area (Å²) in [7, 11) is 0. The summed E-state index contributed by atoms with van der Waals surface area (Å²) < 4.78 is 11.0. The van der Waals surface area contributed by atoms with E-state index in [4.69, 9.17) is 9.26 Å². The van der Waals surface area contributed by atoms with Crippen molar-refractivity contribution >= 4 is 0 Å². The predicted molar refractivity (Wildman–Crippen MR) is 81.3 cm³/mol. The number of aromatic nitrogens is 2. The Morgan fingerprint density at radius 1 is 1.36 bits per heavy atom. The smallest absolute Gasteiger partial charge is 0.226 e. The van der Waals surface area contributed by atoms with Crippen LogP contribution in [-0.4, -0.2) is 52.1 Å². The van der Waals surface area contributed by atoms with Crippen LogP contribution in [0.25, 0.3) is 0 Å². The van der Waals surface area contributed by atoms with Gasteiger partial charge in [0.15, 0.2) is 5.82 Å². The molecule has 2 heterocycles. The zero-order valence-corrected chi connectivity index (χ0v) is 13.6. The van der Waals surface area contributed by atoms with Gasteiger partial charge in [0.25, 0.3) is 0 Å². The van der Waals surface area contributed by atoms with Crippen molar-refractivity contribution in [3.05, 3.63) is 11.7 Å². The summed E-state index contributed by atoms with van der Waals surface area (Å²) in [6.45, 7) is 7.51. The Bertz CT molecular complexity index is 481. The number of nitrogens with zero attached hydrogens (tertiary/aromatic N) is 3. The fourth-order valence-corrected chi connectivity index (χ4v) is 3.81. The molecule has 1 aromatic heterocycles. The standard InChI is InChI=1S/C16H27N3O3/c1-3-5-15-17-14(18-22-15)11-19-8-6-16(7-9-19)12(20)10-13(16)21-4-2/h12-13,20H,3-11H2,1-2H3. The largest absolute Gasteiger partial charge is 0.392 e. The van der Waals surface area contributed by atoms with Gasteiger partial charge in [-0.2, -0.15) is 4.98 Å². The van der Waals surface area contributed by atoms with Crippen molar-refractivity contribution in [1.29, 1.82) is 0 Å². The molecule has 0 aromatic carbocycles. The van der Waals surface area contributed by atoms with Crippen LogP contribution in [0.3, 0.4) is 0 Å². The molecule has 1 aliphatic carbocycles. The summed E-state index contributed by atoms with van der Waals surface area (Å²) in [6, 6.07) is 0. The first-order valence-electron chi connectivity index (χ1n) is 8.51. The van der Waals surface area contributed by atoms with E-state index in [0.29, 0.717) is 0 Å². The van der Waals surface area contributed by atoms with Gasteiger partial charge in [-0.3, -0.25) is 4.90 Å². The average molecular weight is 309 g/mol. The van der Waals surface area contributed by atoms with Crippen molar-refractivity contribution < 1.29 is 14.4 Å². The minimum absolute atomic E-state index is 0.0167. The molecule has 1 spiro atoms. The van der Waals surface area contributed by atoms with Crippen molar-refractivity contribution in [2.75, 3.05) is 19.7 Å². The Hall–Kier alpha value is -0.980. The molecule has 0 radical (unpaired) electrons. The van der Waals surface area contributed by atoms with E-state index in [9.17, 15) is 5.11 Å². The van der Waals surface area contributed by atoms with Gasteiger partial charge in [-0.05, 0) is 39.3 Å². The minimum atomic E-state index is -0.201. The Morgan fingerprint density at radius 3 is 2.77 bits per heavy atom. The van der Waals surface area contributed by atoms with Gasteiger partial charge in [0, 0.05) is 24.9 Å². The topological polar surface area (TPSA) is 71.6 Å². The molecule has 1 N–H and O–H groups in total. The third-order valence-corrected chi connectivity index (χ3v) is 5.24. The Morgan fingerprint density at radius 2 is 2.14 bits per heavy atom. The molecule has 2 aliphatic rings. The van der Waals surface area contributed by atoms with E-state index in [2.05, 4.69) is 22.0 Å². The minimum Gasteiger partial charge on any atom is -0.392 e.